The number of nitrogens with zero attached hydrogens (tertiary/aromatic N) is 4. The minimum Gasteiger partial charge on any atom is -0.335 e. The Morgan fingerprint density at radius 1 is 1.22 bits per heavy atom. The molecular weight excluding hydrogens is 237 g/mol. The molecule has 0 fully saturated rings. The van der Waals surface area contributed by atoms with Crippen molar-refractivity contribution in [1.82, 2.24) is 19.4 Å². The quantitative estimate of drug-likeness (QED) is 0.631. The van der Waals surface area contributed by atoms with Gasteiger partial charge in [0, 0.05) is 0 Å². The summed E-state index contributed by atoms with van der Waals surface area (Å²) in [5.41, 5.74) is 0.620. The van der Waals surface area contributed by atoms with Gasteiger partial charge in [-0.05, 0) is 24.3 Å². The van der Waals surface area contributed by atoms with E-state index in [1.165, 1.54) is 29.3 Å². The van der Waals surface area contributed by atoms with Crippen LogP contribution >= 0.6 is 0 Å². The van der Waals surface area contributed by atoms with Gasteiger partial charge in [-0.2, -0.15) is 5.10 Å². The fraction of sp³-hybridized carbons (Fsp3) is 0. The molecule has 18 heavy (non-hydrogen) atoms. The van der Waals surface area contributed by atoms with E-state index in [4.69, 9.17) is 5.84 Å². The molecule has 0 aliphatic rings. The SMILES string of the molecule is Nn1cnc2c(cnn2-c2ccc(F)cc2)c1=O. The third kappa shape index (κ3) is 1.45. The van der Waals surface area contributed by atoms with Crippen molar-refractivity contribution in [2.24, 2.45) is 0 Å². The van der Waals surface area contributed by atoms with Gasteiger partial charge in [-0.25, -0.2) is 18.7 Å². The smallest absolute Gasteiger partial charge is 0.282 e. The highest BCUT2D eigenvalue weighted by Crippen LogP contribution is 2.13. The van der Waals surface area contributed by atoms with Gasteiger partial charge < -0.3 is 5.84 Å². The van der Waals surface area contributed by atoms with Gasteiger partial charge in [-0.1, -0.05) is 0 Å². The fourth-order valence-electron chi connectivity index (χ4n) is 1.70. The molecule has 0 saturated carbocycles. The normalized spacial score (nSPS) is 10.9. The van der Waals surface area contributed by atoms with E-state index in [-0.39, 0.29) is 11.4 Å². The van der Waals surface area contributed by atoms with Crippen molar-refractivity contribution in [2.45, 2.75) is 0 Å². The minimum atomic E-state index is -0.381. The average Bonchev–Trinajstić information content (AvgIpc) is 2.79. The lowest BCUT2D eigenvalue weighted by Crippen LogP contribution is -2.26. The van der Waals surface area contributed by atoms with E-state index in [0.29, 0.717) is 16.7 Å². The topological polar surface area (TPSA) is 78.7 Å². The summed E-state index contributed by atoms with van der Waals surface area (Å²) in [5, 5.41) is 4.37. The Kier molecular flexibility index (Phi) is 2.12. The van der Waals surface area contributed by atoms with Crippen molar-refractivity contribution in [3.8, 4) is 5.69 Å². The summed E-state index contributed by atoms with van der Waals surface area (Å²) in [5.74, 6) is 5.07. The van der Waals surface area contributed by atoms with Gasteiger partial charge in [0.25, 0.3) is 5.56 Å². The van der Waals surface area contributed by atoms with Crippen LogP contribution < -0.4 is 11.4 Å². The number of rotatable bonds is 1. The van der Waals surface area contributed by atoms with Crippen molar-refractivity contribution in [2.75, 3.05) is 5.84 Å². The molecule has 6 nitrogen and oxygen atoms in total. The Morgan fingerprint density at radius 3 is 2.67 bits per heavy atom. The fourth-order valence-corrected chi connectivity index (χ4v) is 1.70. The standard InChI is InChI=1S/C11H8FN5O/c12-7-1-3-8(4-2-7)17-10-9(5-15-17)11(18)16(13)6-14-10/h1-6H,13H2. The summed E-state index contributed by atoms with van der Waals surface area (Å²) in [6.45, 7) is 0. The maximum absolute atomic E-state index is 12.8. The number of nitrogen functional groups attached to an aromatic ring is 1. The van der Waals surface area contributed by atoms with E-state index in [0.717, 1.165) is 4.68 Å². The van der Waals surface area contributed by atoms with Gasteiger partial charge in [0.2, 0.25) is 0 Å². The molecule has 7 heteroatoms. The van der Waals surface area contributed by atoms with Crippen molar-refractivity contribution >= 4 is 11.0 Å². The van der Waals surface area contributed by atoms with E-state index >= 15 is 0 Å². The molecule has 1 aromatic carbocycles. The van der Waals surface area contributed by atoms with Gasteiger partial charge >= 0.3 is 0 Å². The molecule has 0 unspecified atom stereocenters. The van der Waals surface area contributed by atoms with Crippen molar-refractivity contribution in [3.63, 3.8) is 0 Å². The van der Waals surface area contributed by atoms with Crippen molar-refractivity contribution < 1.29 is 4.39 Å². The van der Waals surface area contributed by atoms with Crippen LogP contribution in [0.3, 0.4) is 0 Å². The molecule has 0 aliphatic heterocycles. The summed E-state index contributed by atoms with van der Waals surface area (Å²) in [6.07, 6.45) is 2.60. The number of nitrogens with two attached hydrogens (primary N) is 1. The summed E-state index contributed by atoms with van der Waals surface area (Å²) in [7, 11) is 0. The number of hydrogen-bond acceptors (Lipinski definition) is 4. The molecule has 0 spiro atoms. The first kappa shape index (κ1) is 10.5. The summed E-state index contributed by atoms with van der Waals surface area (Å²) in [4.78, 5) is 15.8. The van der Waals surface area contributed by atoms with Gasteiger partial charge in [0.15, 0.2) is 5.65 Å². The van der Waals surface area contributed by atoms with Crippen molar-refractivity contribution in [3.05, 3.63) is 53.0 Å². The zero-order valence-corrected chi connectivity index (χ0v) is 9.12. The number of aromatic nitrogens is 4. The highest BCUT2D eigenvalue weighted by Gasteiger charge is 2.10. The predicted octanol–water partition coefficient (Wildman–Crippen LogP) is 0.435. The van der Waals surface area contributed by atoms with E-state index in [9.17, 15) is 9.18 Å². The molecule has 2 N–H and O–H groups in total. The highest BCUT2D eigenvalue weighted by atomic mass is 19.1. The second kappa shape index (κ2) is 3.66. The zero-order chi connectivity index (χ0) is 12.7. The minimum absolute atomic E-state index is 0.310. The van der Waals surface area contributed by atoms with E-state index in [2.05, 4.69) is 10.1 Å². The molecule has 0 bridgehead atoms. The molecule has 2 aromatic heterocycles. The van der Waals surface area contributed by atoms with E-state index < -0.39 is 0 Å². The van der Waals surface area contributed by atoms with Gasteiger partial charge in [0.1, 0.15) is 17.5 Å². The van der Waals surface area contributed by atoms with Crippen LogP contribution in [-0.4, -0.2) is 19.4 Å². The summed E-state index contributed by atoms with van der Waals surface area (Å²) in [6, 6.07) is 5.73. The number of halogens is 1. The Labute approximate surface area is 100 Å². The molecule has 90 valence electrons. The molecule has 0 radical (unpaired) electrons. The molecule has 2 heterocycles. The predicted molar refractivity (Wildman–Crippen MR) is 63.2 cm³/mol. The molecule has 0 aliphatic carbocycles. The third-order valence-corrected chi connectivity index (χ3v) is 2.58. The van der Waals surface area contributed by atoms with Gasteiger partial charge in [-0.15, -0.1) is 0 Å². The maximum atomic E-state index is 12.8. The Balaban J connectivity index is 2.28. The zero-order valence-electron chi connectivity index (χ0n) is 9.12. The number of fused-ring (bicyclic) bond motifs is 1. The average molecular weight is 245 g/mol. The lowest BCUT2D eigenvalue weighted by molar-refractivity contribution is 0.627. The Hall–Kier alpha value is -2.70. The molecule has 0 atom stereocenters. The van der Waals surface area contributed by atoms with Crippen molar-refractivity contribution in [1.29, 1.82) is 0 Å². The summed E-state index contributed by atoms with van der Waals surface area (Å²) < 4.78 is 15.2. The molecule has 0 amide bonds. The van der Waals surface area contributed by atoms with Crippen LogP contribution in [0.2, 0.25) is 0 Å². The Morgan fingerprint density at radius 2 is 1.94 bits per heavy atom. The second-order valence-corrected chi connectivity index (χ2v) is 3.73. The van der Waals surface area contributed by atoms with Crippen LogP contribution in [0.1, 0.15) is 0 Å². The van der Waals surface area contributed by atoms with Gasteiger partial charge in [-0.3, -0.25) is 4.79 Å². The first-order valence-corrected chi connectivity index (χ1v) is 5.13. The molecule has 3 aromatic rings. The van der Waals surface area contributed by atoms with Gasteiger partial charge in [0.05, 0.1) is 11.9 Å². The molecular formula is C11H8FN5O. The lowest BCUT2D eigenvalue weighted by Gasteiger charge is -2.02. The largest absolute Gasteiger partial charge is 0.335 e. The maximum Gasteiger partial charge on any atom is 0.282 e. The number of benzene rings is 1. The third-order valence-electron chi connectivity index (χ3n) is 2.58. The monoisotopic (exact) mass is 245 g/mol. The van der Waals surface area contributed by atoms with Crippen LogP contribution in [0.4, 0.5) is 4.39 Å². The second-order valence-electron chi connectivity index (χ2n) is 3.73. The number of hydrogen-bond donors (Lipinski definition) is 1. The summed E-state index contributed by atoms with van der Waals surface area (Å²) >= 11 is 0. The van der Waals surface area contributed by atoms with Crippen LogP contribution in [0.25, 0.3) is 16.7 Å². The van der Waals surface area contributed by atoms with Crippen LogP contribution in [0.5, 0.6) is 0 Å². The van der Waals surface area contributed by atoms with Crippen LogP contribution in [0.15, 0.2) is 41.6 Å². The Bertz CT molecular complexity index is 774. The van der Waals surface area contributed by atoms with Crippen LogP contribution in [0, 0.1) is 5.82 Å². The van der Waals surface area contributed by atoms with Crippen LogP contribution in [-0.2, 0) is 0 Å². The van der Waals surface area contributed by atoms with E-state index in [1.54, 1.807) is 12.1 Å². The lowest BCUT2D eigenvalue weighted by atomic mass is 10.3. The molecule has 0 saturated heterocycles. The first-order chi connectivity index (χ1) is 8.66. The first-order valence-electron chi connectivity index (χ1n) is 5.13. The molecule has 3 rings (SSSR count). The van der Waals surface area contributed by atoms with E-state index in [1.807, 2.05) is 0 Å². The highest BCUT2D eigenvalue weighted by molar-refractivity contribution is 5.74.